The van der Waals surface area contributed by atoms with Crippen LogP contribution in [0.4, 0.5) is 5.69 Å². The molecule has 0 heterocycles. The predicted molar refractivity (Wildman–Crippen MR) is 61.8 cm³/mol. The van der Waals surface area contributed by atoms with Crippen LogP contribution in [0.2, 0.25) is 0 Å². The molecule has 0 aliphatic carbocycles. The van der Waals surface area contributed by atoms with Gasteiger partial charge in [0.1, 0.15) is 0 Å². The molecule has 0 saturated carbocycles. The highest BCUT2D eigenvalue weighted by Crippen LogP contribution is 2.15. The summed E-state index contributed by atoms with van der Waals surface area (Å²) >= 11 is 0.890. The highest BCUT2D eigenvalue weighted by Gasteiger charge is 2.11. The number of nitrogens with two attached hydrogens (primary N) is 1. The molecule has 3 N–H and O–H groups in total. The molecular formula is C9H9N3O3S. The fourth-order valence-corrected chi connectivity index (χ4v) is 1.47. The zero-order valence-electron chi connectivity index (χ0n) is 8.17. The van der Waals surface area contributed by atoms with E-state index in [0.717, 1.165) is 11.8 Å². The molecular weight excluding hydrogens is 230 g/mol. The van der Waals surface area contributed by atoms with E-state index >= 15 is 0 Å². The van der Waals surface area contributed by atoms with Gasteiger partial charge in [-0.2, -0.15) is 0 Å². The third-order valence-electron chi connectivity index (χ3n) is 1.74. The molecule has 0 saturated heterocycles. The first-order valence-electron chi connectivity index (χ1n) is 4.25. The van der Waals surface area contributed by atoms with Crippen LogP contribution >= 0.6 is 11.8 Å². The topological polar surface area (TPSA) is 110 Å². The maximum Gasteiger partial charge on any atom is 0.270 e. The van der Waals surface area contributed by atoms with Crippen molar-refractivity contribution in [1.29, 1.82) is 5.41 Å². The van der Waals surface area contributed by atoms with Gasteiger partial charge in [-0.3, -0.25) is 20.3 Å². The van der Waals surface area contributed by atoms with Crippen LogP contribution in [0.3, 0.4) is 0 Å². The highest BCUT2D eigenvalue weighted by atomic mass is 32.2. The Labute approximate surface area is 95.5 Å². The summed E-state index contributed by atoms with van der Waals surface area (Å²) in [5.74, 6) is -0.278. The number of nitrogens with zero attached hydrogens (tertiary/aromatic N) is 1. The number of benzene rings is 1. The van der Waals surface area contributed by atoms with E-state index in [1.807, 2.05) is 0 Å². The van der Waals surface area contributed by atoms with Crippen molar-refractivity contribution in [3.63, 3.8) is 0 Å². The lowest BCUT2D eigenvalue weighted by atomic mass is 10.1. The van der Waals surface area contributed by atoms with E-state index in [-0.39, 0.29) is 28.0 Å². The molecule has 16 heavy (non-hydrogen) atoms. The van der Waals surface area contributed by atoms with E-state index in [0.29, 0.717) is 0 Å². The Morgan fingerprint density at radius 1 is 1.56 bits per heavy atom. The summed E-state index contributed by atoms with van der Waals surface area (Å²) in [6, 6.07) is 5.47. The lowest BCUT2D eigenvalue weighted by Gasteiger charge is -1.99. The zero-order valence-corrected chi connectivity index (χ0v) is 8.99. The van der Waals surface area contributed by atoms with E-state index in [9.17, 15) is 14.9 Å². The minimum atomic E-state index is -0.561. The number of rotatable bonds is 4. The number of carbonyl (C=O) groups is 1. The second kappa shape index (κ2) is 5.26. The van der Waals surface area contributed by atoms with Crippen LogP contribution in [0.5, 0.6) is 0 Å². The lowest BCUT2D eigenvalue weighted by molar-refractivity contribution is -0.384. The summed E-state index contributed by atoms with van der Waals surface area (Å²) in [6.45, 7) is 0. The number of Topliss-reactive ketones (excluding diaryl/α,β-unsaturated/α-hetero) is 1. The van der Waals surface area contributed by atoms with Gasteiger partial charge in [-0.15, -0.1) is 0 Å². The van der Waals surface area contributed by atoms with Gasteiger partial charge < -0.3 is 5.73 Å². The van der Waals surface area contributed by atoms with Gasteiger partial charge in [0.05, 0.1) is 10.7 Å². The van der Waals surface area contributed by atoms with Crippen molar-refractivity contribution < 1.29 is 9.72 Å². The van der Waals surface area contributed by atoms with Gasteiger partial charge in [0.25, 0.3) is 5.69 Å². The Balaban J connectivity index is 2.79. The molecule has 1 rings (SSSR count). The Bertz CT molecular complexity index is 447. The summed E-state index contributed by atoms with van der Waals surface area (Å²) in [7, 11) is 0. The number of carbonyl (C=O) groups excluding carboxylic acids is 1. The third kappa shape index (κ3) is 3.35. The molecule has 0 spiro atoms. The fraction of sp³-hybridized carbons (Fsp3) is 0.111. The van der Waals surface area contributed by atoms with Crippen LogP contribution in [0, 0.1) is 15.5 Å². The second-order valence-electron chi connectivity index (χ2n) is 2.88. The molecule has 0 aliphatic heterocycles. The standard InChI is InChI=1S/C9H9N3O3S/c10-9(11)16-5-8(13)6-2-1-3-7(4-6)12(14)15/h1-4H,5H2,(H3,10,11). The molecule has 6 nitrogen and oxygen atoms in total. The summed E-state index contributed by atoms with van der Waals surface area (Å²) in [5.41, 5.74) is 5.21. The van der Waals surface area contributed by atoms with Gasteiger partial charge >= 0.3 is 0 Å². The van der Waals surface area contributed by atoms with Crippen molar-refractivity contribution in [2.45, 2.75) is 0 Å². The van der Waals surface area contributed by atoms with Crippen LogP contribution in [0.25, 0.3) is 0 Å². The summed E-state index contributed by atoms with van der Waals surface area (Å²) in [6.07, 6.45) is 0. The first-order chi connectivity index (χ1) is 7.50. The SMILES string of the molecule is N=C(N)SCC(=O)c1cccc([N+](=O)[O-])c1. The average Bonchev–Trinajstić information content (AvgIpc) is 2.26. The minimum absolute atomic E-state index is 0.0104. The summed E-state index contributed by atoms with van der Waals surface area (Å²) in [5, 5.41) is 17.3. The molecule has 7 heteroatoms. The summed E-state index contributed by atoms with van der Waals surface area (Å²) < 4.78 is 0. The monoisotopic (exact) mass is 239 g/mol. The van der Waals surface area contributed by atoms with Gasteiger partial charge in [-0.25, -0.2) is 0 Å². The van der Waals surface area contributed by atoms with Gasteiger partial charge in [0.2, 0.25) is 0 Å². The van der Waals surface area contributed by atoms with E-state index < -0.39 is 4.92 Å². The molecule has 1 aromatic rings. The molecule has 0 amide bonds. The maximum absolute atomic E-state index is 11.5. The van der Waals surface area contributed by atoms with Crippen LogP contribution in [-0.2, 0) is 0 Å². The Kier molecular flexibility index (Phi) is 4.01. The number of nitro benzene ring substituents is 1. The number of ketones is 1. The number of non-ortho nitro benzene ring substituents is 1. The molecule has 0 radical (unpaired) electrons. The normalized spacial score (nSPS) is 9.75. The quantitative estimate of drug-likeness (QED) is 0.271. The zero-order chi connectivity index (χ0) is 12.1. The number of amidine groups is 1. The van der Waals surface area contributed by atoms with Crippen LogP contribution in [0.1, 0.15) is 10.4 Å². The van der Waals surface area contributed by atoms with Crippen molar-refractivity contribution in [1.82, 2.24) is 0 Å². The molecule has 84 valence electrons. The Morgan fingerprint density at radius 2 is 2.25 bits per heavy atom. The number of hydrogen-bond donors (Lipinski definition) is 2. The Morgan fingerprint density at radius 3 is 2.81 bits per heavy atom. The molecule has 0 aromatic heterocycles. The van der Waals surface area contributed by atoms with E-state index in [1.54, 1.807) is 0 Å². The van der Waals surface area contributed by atoms with Crippen LogP contribution < -0.4 is 5.73 Å². The fourth-order valence-electron chi connectivity index (χ4n) is 1.02. The Hall–Kier alpha value is -1.89. The second-order valence-corrected chi connectivity index (χ2v) is 3.90. The van der Waals surface area contributed by atoms with Crippen molar-refractivity contribution in [2.75, 3.05) is 5.75 Å². The van der Waals surface area contributed by atoms with Crippen molar-refractivity contribution in [3.8, 4) is 0 Å². The number of hydrogen-bond acceptors (Lipinski definition) is 5. The smallest absolute Gasteiger partial charge is 0.270 e. The molecule has 0 fully saturated rings. The lowest BCUT2D eigenvalue weighted by Crippen LogP contribution is -2.10. The maximum atomic E-state index is 11.5. The minimum Gasteiger partial charge on any atom is -0.379 e. The molecule has 0 unspecified atom stereocenters. The molecule has 1 aromatic carbocycles. The van der Waals surface area contributed by atoms with Crippen molar-refractivity contribution in [2.24, 2.45) is 5.73 Å². The molecule has 0 atom stereocenters. The highest BCUT2D eigenvalue weighted by molar-refractivity contribution is 8.14. The predicted octanol–water partition coefficient (Wildman–Crippen LogP) is 1.40. The van der Waals surface area contributed by atoms with Gasteiger partial charge in [0.15, 0.2) is 11.0 Å². The largest absolute Gasteiger partial charge is 0.379 e. The molecule has 0 aliphatic rings. The van der Waals surface area contributed by atoms with Gasteiger partial charge in [-0.1, -0.05) is 23.9 Å². The number of nitro groups is 1. The van der Waals surface area contributed by atoms with E-state index in [2.05, 4.69) is 0 Å². The molecule has 0 bridgehead atoms. The van der Waals surface area contributed by atoms with Crippen molar-refractivity contribution in [3.05, 3.63) is 39.9 Å². The van der Waals surface area contributed by atoms with Crippen LogP contribution in [0.15, 0.2) is 24.3 Å². The first kappa shape index (κ1) is 12.2. The van der Waals surface area contributed by atoms with Crippen molar-refractivity contribution >= 4 is 28.4 Å². The van der Waals surface area contributed by atoms with E-state index in [1.165, 1.54) is 24.3 Å². The third-order valence-corrected chi connectivity index (χ3v) is 2.46. The van der Waals surface area contributed by atoms with Crippen LogP contribution in [-0.4, -0.2) is 21.6 Å². The first-order valence-corrected chi connectivity index (χ1v) is 5.23. The number of thioether (sulfide) groups is 1. The van der Waals surface area contributed by atoms with Gasteiger partial charge in [-0.05, 0) is 0 Å². The van der Waals surface area contributed by atoms with Gasteiger partial charge in [0, 0.05) is 17.7 Å². The van der Waals surface area contributed by atoms with E-state index in [4.69, 9.17) is 11.1 Å². The number of nitrogens with one attached hydrogen (secondary N) is 1. The summed E-state index contributed by atoms with van der Waals surface area (Å²) in [4.78, 5) is 21.4. The average molecular weight is 239 g/mol.